The van der Waals surface area contributed by atoms with Crippen molar-refractivity contribution in [1.29, 1.82) is 0 Å². The molecule has 3 heterocycles. The Morgan fingerprint density at radius 3 is 1.98 bits per heavy atom. The molecule has 8 atom stereocenters. The first kappa shape index (κ1) is 33.7. The molecule has 2 aliphatic carbocycles. The van der Waals surface area contributed by atoms with Gasteiger partial charge in [-0.05, 0) is 63.1 Å². The van der Waals surface area contributed by atoms with Gasteiger partial charge in [-0.15, -0.1) is 0 Å². The van der Waals surface area contributed by atoms with Crippen LogP contribution in [0.3, 0.4) is 0 Å². The molecule has 0 N–H and O–H groups in total. The molecule has 260 valence electrons. The number of carbonyl (C=O) groups is 4. The predicted octanol–water partition coefficient (Wildman–Crippen LogP) is 6.31. The van der Waals surface area contributed by atoms with Crippen LogP contribution in [0.2, 0.25) is 0 Å². The van der Waals surface area contributed by atoms with E-state index >= 15 is 0 Å². The fraction of sp³-hybridized carbons (Fsp3) is 0.425. The quantitative estimate of drug-likeness (QED) is 0.166. The number of aromatic nitrogens is 1. The number of pyridine rings is 1. The third-order valence-electron chi connectivity index (χ3n) is 11.9. The Labute approximate surface area is 291 Å². The van der Waals surface area contributed by atoms with Crippen LogP contribution in [0.1, 0.15) is 84.5 Å². The molecule has 7 rings (SSSR count). The minimum atomic E-state index is -1.36. The third-order valence-corrected chi connectivity index (χ3v) is 11.9. The van der Waals surface area contributed by atoms with Crippen molar-refractivity contribution in [3.05, 3.63) is 114 Å². The van der Waals surface area contributed by atoms with Crippen LogP contribution in [0.25, 0.3) is 0 Å². The van der Waals surface area contributed by atoms with E-state index in [9.17, 15) is 19.2 Å². The fourth-order valence-electron chi connectivity index (χ4n) is 9.04. The Balaban J connectivity index is 1.40. The summed E-state index contributed by atoms with van der Waals surface area (Å²) in [7, 11) is 0. The smallest absolute Gasteiger partial charge is 0.340 e. The highest BCUT2D eigenvalue weighted by Crippen LogP contribution is 2.69. The van der Waals surface area contributed by atoms with Crippen LogP contribution in [-0.4, -0.2) is 65.0 Å². The number of fused-ring (bicyclic) bond motifs is 3. The van der Waals surface area contributed by atoms with Crippen molar-refractivity contribution in [2.75, 3.05) is 6.61 Å². The molecule has 1 aromatic heterocycles. The third kappa shape index (κ3) is 5.41. The lowest BCUT2D eigenvalue weighted by molar-refractivity contribution is -0.345. The molecule has 1 spiro atoms. The minimum Gasteiger partial charge on any atom is -0.463 e. The lowest BCUT2D eigenvalue weighted by Gasteiger charge is -2.70. The van der Waals surface area contributed by atoms with Gasteiger partial charge in [-0.25, -0.2) is 14.4 Å². The van der Waals surface area contributed by atoms with Crippen molar-refractivity contribution in [3.8, 4) is 0 Å². The van der Waals surface area contributed by atoms with Crippen LogP contribution in [0.5, 0.6) is 0 Å². The van der Waals surface area contributed by atoms with E-state index in [-0.39, 0.29) is 24.6 Å². The van der Waals surface area contributed by atoms with E-state index in [1.165, 1.54) is 6.20 Å². The van der Waals surface area contributed by atoms with Gasteiger partial charge < -0.3 is 23.7 Å². The summed E-state index contributed by atoms with van der Waals surface area (Å²) in [5, 5.41) is 0. The Morgan fingerprint density at radius 2 is 1.38 bits per heavy atom. The topological polar surface area (TPSA) is 127 Å². The first-order chi connectivity index (χ1) is 23.9. The highest BCUT2D eigenvalue weighted by Gasteiger charge is 2.76. The van der Waals surface area contributed by atoms with Gasteiger partial charge in [0.05, 0.1) is 23.1 Å². The number of benzene rings is 2. The van der Waals surface area contributed by atoms with Gasteiger partial charge in [0.2, 0.25) is 0 Å². The van der Waals surface area contributed by atoms with E-state index in [1.807, 2.05) is 32.9 Å². The van der Waals surface area contributed by atoms with Gasteiger partial charge in [-0.3, -0.25) is 9.78 Å². The predicted molar refractivity (Wildman–Crippen MR) is 180 cm³/mol. The Hall–Kier alpha value is -4.83. The average Bonchev–Trinajstić information content (AvgIpc) is 3.49. The molecule has 2 aromatic carbocycles. The first-order valence-corrected chi connectivity index (χ1v) is 17.1. The van der Waals surface area contributed by atoms with Crippen molar-refractivity contribution in [1.82, 2.24) is 4.98 Å². The number of esters is 4. The number of nitrogens with zero attached hydrogens (tertiary/aromatic N) is 1. The summed E-state index contributed by atoms with van der Waals surface area (Å²) in [6, 6.07) is 20.7. The monoisotopic (exact) mass is 679 g/mol. The zero-order valence-corrected chi connectivity index (χ0v) is 28.6. The highest BCUT2D eigenvalue weighted by atomic mass is 16.6. The van der Waals surface area contributed by atoms with E-state index in [0.717, 1.165) is 5.57 Å². The lowest BCUT2D eigenvalue weighted by Crippen LogP contribution is -2.78. The van der Waals surface area contributed by atoms with Crippen LogP contribution < -0.4 is 0 Å². The fourth-order valence-corrected chi connectivity index (χ4v) is 9.04. The Bertz CT molecular complexity index is 1830. The van der Waals surface area contributed by atoms with Gasteiger partial charge in [0.25, 0.3) is 0 Å². The Kier molecular flexibility index (Phi) is 8.41. The summed E-state index contributed by atoms with van der Waals surface area (Å²) in [6.07, 6.45) is 3.51. The zero-order valence-electron chi connectivity index (χ0n) is 28.6. The maximum absolute atomic E-state index is 14.0. The molecule has 2 saturated heterocycles. The normalized spacial score (nSPS) is 34.4. The van der Waals surface area contributed by atoms with Gasteiger partial charge >= 0.3 is 23.9 Å². The maximum atomic E-state index is 14.0. The standard InChI is InChI=1S/C40H41NO9/c1-25-17-18-29(47-34(43)26-12-7-5-8-13-26)31-37(2)19-20-40(22-30(42)46-24-40)50-39(37,4)33(49-35(44)27-14-9-6-10-15-27)32(38(25,31)3)48-36(45)28-16-11-21-41-23-28/h5-17,21,23,29,31-33H,18-20,22,24H2,1-4H3/t29-,31-,32+,33+,37+,38+,39-,40-/m1/s1. The number of rotatable bonds is 6. The summed E-state index contributed by atoms with van der Waals surface area (Å²) in [4.78, 5) is 58.4. The summed E-state index contributed by atoms with van der Waals surface area (Å²) in [5.74, 6) is -2.60. The van der Waals surface area contributed by atoms with E-state index < -0.39 is 64.2 Å². The Morgan fingerprint density at radius 1 is 0.780 bits per heavy atom. The van der Waals surface area contributed by atoms with Crippen LogP contribution >= 0.6 is 0 Å². The van der Waals surface area contributed by atoms with Crippen LogP contribution in [0, 0.1) is 16.7 Å². The molecule has 0 bridgehead atoms. The SMILES string of the molecule is CC1=CC[C@@H](OC(=O)c2ccccc2)[C@H]2[C@@]1(C)[C@@H](OC(=O)c1cccnc1)[C@H](OC(=O)c1ccccc1)[C@@]1(C)O[C@@]3(CC[C@@]21C)COC(=O)C3. The molecule has 10 nitrogen and oxygen atoms in total. The second-order valence-corrected chi connectivity index (χ2v) is 14.6. The molecular formula is C40H41NO9. The van der Waals surface area contributed by atoms with Crippen LogP contribution in [-0.2, 0) is 28.5 Å². The van der Waals surface area contributed by atoms with Crippen molar-refractivity contribution in [3.63, 3.8) is 0 Å². The van der Waals surface area contributed by atoms with Gasteiger partial charge in [-0.1, -0.05) is 61.9 Å². The van der Waals surface area contributed by atoms with Gasteiger partial charge in [0.15, 0.2) is 12.2 Å². The number of hydrogen-bond acceptors (Lipinski definition) is 10. The molecule has 4 aliphatic rings. The molecule has 0 unspecified atom stereocenters. The summed E-state index contributed by atoms with van der Waals surface area (Å²) >= 11 is 0. The van der Waals surface area contributed by atoms with Crippen LogP contribution in [0.15, 0.2) is 96.8 Å². The van der Waals surface area contributed by atoms with E-state index in [2.05, 4.69) is 11.9 Å². The zero-order chi connectivity index (χ0) is 35.3. The van der Waals surface area contributed by atoms with Crippen LogP contribution in [0.4, 0.5) is 0 Å². The summed E-state index contributed by atoms with van der Waals surface area (Å²) < 4.78 is 32.1. The highest BCUT2D eigenvalue weighted by molar-refractivity contribution is 5.91. The molecule has 1 saturated carbocycles. The second-order valence-electron chi connectivity index (χ2n) is 14.6. The number of hydrogen-bond donors (Lipinski definition) is 0. The molecule has 50 heavy (non-hydrogen) atoms. The largest absolute Gasteiger partial charge is 0.463 e. The number of cyclic esters (lactones) is 1. The van der Waals surface area contributed by atoms with Gasteiger partial charge in [-0.2, -0.15) is 0 Å². The van der Waals surface area contributed by atoms with Crippen molar-refractivity contribution in [2.24, 2.45) is 16.7 Å². The first-order valence-electron chi connectivity index (χ1n) is 17.1. The lowest BCUT2D eigenvalue weighted by atomic mass is 9.41. The summed E-state index contributed by atoms with van der Waals surface area (Å²) in [5.41, 5.74) is -2.33. The molecule has 0 radical (unpaired) electrons. The average molecular weight is 680 g/mol. The molecule has 10 heteroatoms. The van der Waals surface area contributed by atoms with Crippen molar-refractivity contribution >= 4 is 23.9 Å². The van der Waals surface area contributed by atoms with Crippen molar-refractivity contribution in [2.45, 2.75) is 82.9 Å². The molecule has 0 amide bonds. The molecule has 2 aliphatic heterocycles. The molecule has 3 aromatic rings. The molecule has 3 fully saturated rings. The summed E-state index contributed by atoms with van der Waals surface area (Å²) in [6.45, 7) is 7.96. The minimum absolute atomic E-state index is 0.0332. The number of carbonyl (C=O) groups excluding carboxylic acids is 4. The molecular weight excluding hydrogens is 638 g/mol. The maximum Gasteiger partial charge on any atom is 0.340 e. The van der Waals surface area contributed by atoms with E-state index in [0.29, 0.717) is 30.4 Å². The van der Waals surface area contributed by atoms with E-state index in [1.54, 1.807) is 72.9 Å². The van der Waals surface area contributed by atoms with Gasteiger partial charge in [0.1, 0.15) is 23.9 Å². The van der Waals surface area contributed by atoms with Crippen molar-refractivity contribution < 1.29 is 42.9 Å². The van der Waals surface area contributed by atoms with E-state index in [4.69, 9.17) is 23.7 Å². The number of ether oxygens (including phenoxy) is 5. The second kappa shape index (κ2) is 12.5. The van der Waals surface area contributed by atoms with Gasteiger partial charge in [0, 0.05) is 35.6 Å².